The molecule has 7 heteroatoms. The predicted molar refractivity (Wildman–Crippen MR) is 67.9 cm³/mol. The Bertz CT molecular complexity index is 620. The predicted octanol–water partition coefficient (Wildman–Crippen LogP) is -0.366. The molecule has 0 saturated heterocycles. The first-order valence-corrected chi connectivity index (χ1v) is 5.53. The molecule has 98 valence electrons. The largest absolute Gasteiger partial charge is 0.366 e. The minimum absolute atomic E-state index is 0.320. The number of amides is 2. The molecular formula is C12H13N5O2. The summed E-state index contributed by atoms with van der Waals surface area (Å²) < 4.78 is 1.53. The van der Waals surface area contributed by atoms with E-state index in [1.807, 2.05) is 0 Å². The summed E-state index contributed by atoms with van der Waals surface area (Å²) in [5, 5.41) is 4.01. The first-order chi connectivity index (χ1) is 9.11. The Morgan fingerprint density at radius 1 is 1.32 bits per heavy atom. The number of hydrazine groups is 1. The number of benzene rings is 1. The van der Waals surface area contributed by atoms with E-state index in [0.717, 1.165) is 5.56 Å². The summed E-state index contributed by atoms with van der Waals surface area (Å²) in [6, 6.07) is 7.00. The van der Waals surface area contributed by atoms with Crippen molar-refractivity contribution in [1.29, 1.82) is 0 Å². The molecule has 0 unspecified atom stereocenters. The van der Waals surface area contributed by atoms with E-state index >= 15 is 0 Å². The van der Waals surface area contributed by atoms with E-state index in [9.17, 15) is 9.59 Å². The summed E-state index contributed by atoms with van der Waals surface area (Å²) in [7, 11) is 0. The zero-order chi connectivity index (χ0) is 13.8. The molecule has 0 aliphatic rings. The first kappa shape index (κ1) is 12.8. The van der Waals surface area contributed by atoms with Crippen molar-refractivity contribution in [2.24, 2.45) is 11.6 Å². The van der Waals surface area contributed by atoms with Gasteiger partial charge in [0.05, 0.1) is 18.3 Å². The number of nitrogens with one attached hydrogen (secondary N) is 1. The van der Waals surface area contributed by atoms with Gasteiger partial charge in [-0.1, -0.05) is 18.2 Å². The van der Waals surface area contributed by atoms with Gasteiger partial charge in [0.1, 0.15) is 0 Å². The molecule has 5 N–H and O–H groups in total. The number of rotatable bonds is 4. The summed E-state index contributed by atoms with van der Waals surface area (Å²) in [4.78, 5) is 22.6. The number of nitrogens with zero attached hydrogens (tertiary/aromatic N) is 2. The summed E-state index contributed by atoms with van der Waals surface area (Å²) in [6.07, 6.45) is 2.91. The lowest BCUT2D eigenvalue weighted by atomic mass is 10.1. The van der Waals surface area contributed by atoms with Crippen LogP contribution in [0, 0.1) is 0 Å². The third kappa shape index (κ3) is 2.78. The molecule has 19 heavy (non-hydrogen) atoms. The van der Waals surface area contributed by atoms with Crippen molar-refractivity contribution < 1.29 is 9.59 Å². The van der Waals surface area contributed by atoms with Crippen LogP contribution in [0.15, 0.2) is 36.7 Å². The van der Waals surface area contributed by atoms with Crippen LogP contribution in [0.5, 0.6) is 0 Å². The Labute approximate surface area is 109 Å². The number of nitrogen functional groups attached to an aromatic ring is 1. The SMILES string of the molecule is NNC(=O)c1ccccc1Cn1cc(C(N)=O)cn1. The van der Waals surface area contributed by atoms with Crippen LogP contribution in [0.25, 0.3) is 0 Å². The van der Waals surface area contributed by atoms with Crippen LogP contribution >= 0.6 is 0 Å². The Morgan fingerprint density at radius 2 is 2.05 bits per heavy atom. The molecule has 0 spiro atoms. The maximum atomic E-state index is 11.6. The summed E-state index contributed by atoms with van der Waals surface area (Å²) >= 11 is 0. The second-order valence-electron chi connectivity index (χ2n) is 3.92. The van der Waals surface area contributed by atoms with Crippen molar-refractivity contribution in [2.75, 3.05) is 0 Å². The van der Waals surface area contributed by atoms with Gasteiger partial charge >= 0.3 is 0 Å². The number of hydrogen-bond donors (Lipinski definition) is 3. The zero-order valence-electron chi connectivity index (χ0n) is 10.0. The Hall–Kier alpha value is -2.67. The fourth-order valence-corrected chi connectivity index (χ4v) is 1.71. The van der Waals surface area contributed by atoms with Crippen molar-refractivity contribution in [1.82, 2.24) is 15.2 Å². The van der Waals surface area contributed by atoms with Gasteiger partial charge in [0.2, 0.25) is 0 Å². The lowest BCUT2D eigenvalue weighted by molar-refractivity contribution is 0.0951. The lowest BCUT2D eigenvalue weighted by Crippen LogP contribution is -2.31. The minimum Gasteiger partial charge on any atom is -0.366 e. The van der Waals surface area contributed by atoms with Gasteiger partial charge in [-0.3, -0.25) is 19.7 Å². The number of carbonyl (C=O) groups excluding carboxylic acids is 2. The molecule has 0 bridgehead atoms. The van der Waals surface area contributed by atoms with E-state index < -0.39 is 5.91 Å². The fraction of sp³-hybridized carbons (Fsp3) is 0.0833. The average Bonchev–Trinajstić information content (AvgIpc) is 2.87. The Kier molecular flexibility index (Phi) is 3.58. The van der Waals surface area contributed by atoms with E-state index in [0.29, 0.717) is 17.7 Å². The molecule has 0 aliphatic carbocycles. The molecule has 1 aromatic carbocycles. The second kappa shape index (κ2) is 5.32. The van der Waals surface area contributed by atoms with Crippen molar-refractivity contribution in [3.8, 4) is 0 Å². The minimum atomic E-state index is -0.542. The summed E-state index contributed by atoms with van der Waals surface area (Å²) in [5.74, 6) is 4.21. The molecule has 7 nitrogen and oxygen atoms in total. The molecular weight excluding hydrogens is 246 g/mol. The van der Waals surface area contributed by atoms with Gasteiger partial charge in [-0.25, -0.2) is 5.84 Å². The number of hydrogen-bond acceptors (Lipinski definition) is 4. The highest BCUT2D eigenvalue weighted by molar-refractivity contribution is 5.95. The van der Waals surface area contributed by atoms with Crippen molar-refractivity contribution in [3.63, 3.8) is 0 Å². The van der Waals surface area contributed by atoms with Gasteiger partial charge in [0.15, 0.2) is 0 Å². The zero-order valence-corrected chi connectivity index (χ0v) is 10.0. The highest BCUT2D eigenvalue weighted by Crippen LogP contribution is 2.10. The monoisotopic (exact) mass is 259 g/mol. The van der Waals surface area contributed by atoms with Crippen LogP contribution < -0.4 is 17.0 Å². The third-order valence-corrected chi connectivity index (χ3v) is 2.64. The first-order valence-electron chi connectivity index (χ1n) is 5.53. The van der Waals surface area contributed by atoms with Crippen LogP contribution in [-0.2, 0) is 6.54 Å². The molecule has 0 atom stereocenters. The highest BCUT2D eigenvalue weighted by atomic mass is 16.2. The van der Waals surface area contributed by atoms with E-state index in [1.165, 1.54) is 17.1 Å². The van der Waals surface area contributed by atoms with Gasteiger partial charge in [-0.05, 0) is 11.6 Å². The van der Waals surface area contributed by atoms with Crippen molar-refractivity contribution >= 4 is 11.8 Å². The van der Waals surface area contributed by atoms with Crippen LogP contribution in [0.1, 0.15) is 26.3 Å². The number of carbonyl (C=O) groups is 2. The van der Waals surface area contributed by atoms with Gasteiger partial charge in [0.25, 0.3) is 11.8 Å². The van der Waals surface area contributed by atoms with E-state index in [2.05, 4.69) is 10.5 Å². The van der Waals surface area contributed by atoms with Gasteiger partial charge in [-0.2, -0.15) is 5.10 Å². The molecule has 0 saturated carbocycles. The molecule has 0 fully saturated rings. The Morgan fingerprint density at radius 3 is 2.68 bits per heavy atom. The maximum absolute atomic E-state index is 11.6. The third-order valence-electron chi connectivity index (χ3n) is 2.64. The van der Waals surface area contributed by atoms with E-state index in [4.69, 9.17) is 11.6 Å². The molecule has 2 rings (SSSR count). The molecule has 1 heterocycles. The average molecular weight is 259 g/mol. The number of nitrogens with two attached hydrogens (primary N) is 2. The molecule has 0 radical (unpaired) electrons. The molecule has 1 aromatic heterocycles. The molecule has 2 amide bonds. The van der Waals surface area contributed by atoms with Crippen LogP contribution in [0.3, 0.4) is 0 Å². The normalized spacial score (nSPS) is 10.2. The molecule has 0 aliphatic heterocycles. The van der Waals surface area contributed by atoms with Crippen LogP contribution in [0.4, 0.5) is 0 Å². The topological polar surface area (TPSA) is 116 Å². The van der Waals surface area contributed by atoms with Gasteiger partial charge in [-0.15, -0.1) is 0 Å². The molecule has 2 aromatic rings. The quantitative estimate of drug-likeness (QED) is 0.394. The maximum Gasteiger partial charge on any atom is 0.265 e. The van der Waals surface area contributed by atoms with Crippen molar-refractivity contribution in [2.45, 2.75) is 6.54 Å². The van der Waals surface area contributed by atoms with Gasteiger partial charge < -0.3 is 5.73 Å². The highest BCUT2D eigenvalue weighted by Gasteiger charge is 2.11. The van der Waals surface area contributed by atoms with E-state index in [1.54, 1.807) is 24.3 Å². The van der Waals surface area contributed by atoms with Crippen LogP contribution in [-0.4, -0.2) is 21.6 Å². The summed E-state index contributed by atoms with van der Waals surface area (Å²) in [5.41, 5.74) is 8.76. The van der Waals surface area contributed by atoms with Gasteiger partial charge in [0, 0.05) is 11.8 Å². The fourth-order valence-electron chi connectivity index (χ4n) is 1.71. The Balaban J connectivity index is 2.27. The number of primary amides is 1. The van der Waals surface area contributed by atoms with Crippen molar-refractivity contribution in [3.05, 3.63) is 53.3 Å². The lowest BCUT2D eigenvalue weighted by Gasteiger charge is -2.08. The summed E-state index contributed by atoms with van der Waals surface area (Å²) in [6.45, 7) is 0.344. The standard InChI is InChI=1S/C12H13N5O2/c13-11(18)9-5-15-17(7-9)6-8-3-1-2-4-10(8)12(19)16-14/h1-5,7H,6,14H2,(H2,13,18)(H,16,19). The second-order valence-corrected chi connectivity index (χ2v) is 3.92. The van der Waals surface area contributed by atoms with Crippen LogP contribution in [0.2, 0.25) is 0 Å². The smallest absolute Gasteiger partial charge is 0.265 e. The van der Waals surface area contributed by atoms with E-state index in [-0.39, 0.29) is 5.91 Å². The number of aromatic nitrogens is 2.